The van der Waals surface area contributed by atoms with Gasteiger partial charge in [-0.3, -0.25) is 9.59 Å². The molecule has 0 fully saturated rings. The van der Waals surface area contributed by atoms with Crippen LogP contribution in [0, 0.1) is 0 Å². The van der Waals surface area contributed by atoms with E-state index in [1.165, 1.54) is 0 Å². The summed E-state index contributed by atoms with van der Waals surface area (Å²) in [5.74, 6) is 1.40. The summed E-state index contributed by atoms with van der Waals surface area (Å²) in [7, 11) is 0. The Labute approximate surface area is 129 Å². The summed E-state index contributed by atoms with van der Waals surface area (Å²) >= 11 is 0. The molecule has 4 heteroatoms. The maximum Gasteiger partial charge on any atom is 0.150 e. The maximum absolute atomic E-state index is 10.6. The van der Waals surface area contributed by atoms with E-state index in [0.29, 0.717) is 29.2 Å². The molecule has 2 rings (SSSR count). The molecule has 22 heavy (non-hydrogen) atoms. The zero-order chi connectivity index (χ0) is 15.8. The number of carbonyl (C=O) groups excluding carboxylic acids is 2. The Hall–Kier alpha value is -2.62. The van der Waals surface area contributed by atoms with Crippen LogP contribution in [0.3, 0.4) is 0 Å². The predicted molar refractivity (Wildman–Crippen MR) is 83.9 cm³/mol. The van der Waals surface area contributed by atoms with Crippen molar-refractivity contribution >= 4 is 12.6 Å². The lowest BCUT2D eigenvalue weighted by Crippen LogP contribution is -2.24. The van der Waals surface area contributed by atoms with Gasteiger partial charge in [-0.1, -0.05) is 6.92 Å². The summed E-state index contributed by atoms with van der Waals surface area (Å²) in [5.41, 5.74) is 1.23. The minimum atomic E-state index is -0.0900. The first kappa shape index (κ1) is 15.8. The fraction of sp³-hybridized carbons (Fsp3) is 0.222. The first-order chi connectivity index (χ1) is 10.7. The van der Waals surface area contributed by atoms with Crippen LogP contribution in [0.1, 0.15) is 34.1 Å². The minimum absolute atomic E-state index is 0.0900. The van der Waals surface area contributed by atoms with E-state index in [-0.39, 0.29) is 6.10 Å². The van der Waals surface area contributed by atoms with Gasteiger partial charge in [-0.25, -0.2) is 0 Å². The second-order valence-electron chi connectivity index (χ2n) is 4.83. The summed E-state index contributed by atoms with van der Waals surface area (Å²) in [6.45, 7) is 2.43. The van der Waals surface area contributed by atoms with Crippen molar-refractivity contribution in [3.05, 3.63) is 59.7 Å². The van der Waals surface area contributed by atoms with Gasteiger partial charge in [0.1, 0.15) is 36.8 Å². The summed E-state index contributed by atoms with van der Waals surface area (Å²) < 4.78 is 11.5. The van der Waals surface area contributed by atoms with E-state index in [9.17, 15) is 9.59 Å². The maximum atomic E-state index is 10.6. The van der Waals surface area contributed by atoms with Gasteiger partial charge < -0.3 is 9.47 Å². The van der Waals surface area contributed by atoms with Crippen LogP contribution in [-0.4, -0.2) is 25.3 Å². The highest BCUT2D eigenvalue weighted by Gasteiger charge is 2.09. The second-order valence-corrected chi connectivity index (χ2v) is 4.83. The minimum Gasteiger partial charge on any atom is -0.490 e. The number of ether oxygens (including phenoxy) is 2. The molecule has 1 unspecified atom stereocenters. The normalized spacial score (nSPS) is 11.5. The van der Waals surface area contributed by atoms with Gasteiger partial charge in [0.15, 0.2) is 0 Å². The average Bonchev–Trinajstić information content (AvgIpc) is 2.59. The molecular formula is C18H18O4. The van der Waals surface area contributed by atoms with Gasteiger partial charge in [0.25, 0.3) is 0 Å². The van der Waals surface area contributed by atoms with E-state index in [2.05, 4.69) is 0 Å². The third-order valence-corrected chi connectivity index (χ3v) is 3.23. The Balaban J connectivity index is 1.90. The Kier molecular flexibility index (Phi) is 5.72. The largest absolute Gasteiger partial charge is 0.490 e. The Morgan fingerprint density at radius 2 is 1.36 bits per heavy atom. The van der Waals surface area contributed by atoms with E-state index >= 15 is 0 Å². The smallest absolute Gasteiger partial charge is 0.150 e. The molecule has 0 N–H and O–H groups in total. The molecule has 114 valence electrons. The number of rotatable bonds is 8. The van der Waals surface area contributed by atoms with Crippen molar-refractivity contribution in [2.45, 2.75) is 19.4 Å². The van der Waals surface area contributed by atoms with Crippen molar-refractivity contribution in [1.82, 2.24) is 0 Å². The van der Waals surface area contributed by atoms with Crippen LogP contribution >= 0.6 is 0 Å². The number of aldehydes is 2. The van der Waals surface area contributed by atoms with Crippen LogP contribution in [0.15, 0.2) is 48.5 Å². The molecule has 0 aliphatic heterocycles. The van der Waals surface area contributed by atoms with Crippen molar-refractivity contribution in [3.8, 4) is 11.5 Å². The van der Waals surface area contributed by atoms with E-state index in [4.69, 9.17) is 9.47 Å². The Morgan fingerprint density at radius 3 is 1.82 bits per heavy atom. The molecular weight excluding hydrogens is 280 g/mol. The van der Waals surface area contributed by atoms with Gasteiger partial charge in [0.05, 0.1) is 0 Å². The molecule has 0 radical (unpaired) electrons. The van der Waals surface area contributed by atoms with Gasteiger partial charge in [0.2, 0.25) is 0 Å². The molecule has 2 aromatic carbocycles. The highest BCUT2D eigenvalue weighted by atomic mass is 16.5. The molecule has 0 spiro atoms. The molecule has 2 aromatic rings. The first-order valence-electron chi connectivity index (χ1n) is 7.15. The van der Waals surface area contributed by atoms with E-state index in [1.807, 2.05) is 6.92 Å². The highest BCUT2D eigenvalue weighted by molar-refractivity contribution is 5.75. The molecule has 4 nitrogen and oxygen atoms in total. The third-order valence-electron chi connectivity index (χ3n) is 3.23. The van der Waals surface area contributed by atoms with Crippen LogP contribution in [0.25, 0.3) is 0 Å². The first-order valence-corrected chi connectivity index (χ1v) is 7.15. The van der Waals surface area contributed by atoms with Gasteiger partial charge in [-0.05, 0) is 55.0 Å². The van der Waals surface area contributed by atoms with Crippen molar-refractivity contribution in [1.29, 1.82) is 0 Å². The standard InChI is InChI=1S/C18H18O4/c1-2-16(22-18-9-5-15(12-20)6-10-18)13-21-17-7-3-14(11-19)4-8-17/h3-12,16H,2,13H2,1H3. The third kappa shape index (κ3) is 4.45. The van der Waals surface area contributed by atoms with Crippen LogP contribution in [0.5, 0.6) is 11.5 Å². The molecule has 0 amide bonds. The van der Waals surface area contributed by atoms with Gasteiger partial charge in [-0.2, -0.15) is 0 Å². The number of benzene rings is 2. The lowest BCUT2D eigenvalue weighted by atomic mass is 10.2. The molecule has 0 heterocycles. The van der Waals surface area contributed by atoms with Crippen molar-refractivity contribution in [3.63, 3.8) is 0 Å². The molecule has 0 saturated heterocycles. The number of hydrogen-bond donors (Lipinski definition) is 0. The van der Waals surface area contributed by atoms with Crippen molar-refractivity contribution in [2.75, 3.05) is 6.61 Å². The summed E-state index contributed by atoms with van der Waals surface area (Å²) in [6.07, 6.45) is 2.30. The summed E-state index contributed by atoms with van der Waals surface area (Å²) in [4.78, 5) is 21.2. The quantitative estimate of drug-likeness (QED) is 0.699. The highest BCUT2D eigenvalue weighted by Crippen LogP contribution is 2.16. The monoisotopic (exact) mass is 298 g/mol. The molecule has 1 atom stereocenters. The topological polar surface area (TPSA) is 52.6 Å². The van der Waals surface area contributed by atoms with Gasteiger partial charge >= 0.3 is 0 Å². The zero-order valence-corrected chi connectivity index (χ0v) is 12.4. The fourth-order valence-corrected chi connectivity index (χ4v) is 1.88. The molecule has 0 bridgehead atoms. The van der Waals surface area contributed by atoms with Gasteiger partial charge in [0, 0.05) is 11.1 Å². The SMILES string of the molecule is CCC(COc1ccc(C=O)cc1)Oc1ccc(C=O)cc1. The Morgan fingerprint density at radius 1 is 0.864 bits per heavy atom. The second kappa shape index (κ2) is 7.98. The lowest BCUT2D eigenvalue weighted by Gasteiger charge is -2.18. The number of hydrogen-bond acceptors (Lipinski definition) is 4. The van der Waals surface area contributed by atoms with Crippen LogP contribution < -0.4 is 9.47 Å². The summed E-state index contributed by atoms with van der Waals surface area (Å²) in [5, 5.41) is 0. The van der Waals surface area contributed by atoms with Crippen molar-refractivity contribution in [2.24, 2.45) is 0 Å². The van der Waals surface area contributed by atoms with Crippen molar-refractivity contribution < 1.29 is 19.1 Å². The van der Waals surface area contributed by atoms with Crippen LogP contribution in [-0.2, 0) is 0 Å². The van der Waals surface area contributed by atoms with Gasteiger partial charge in [-0.15, -0.1) is 0 Å². The molecule has 0 aliphatic carbocycles. The molecule has 0 aliphatic rings. The van der Waals surface area contributed by atoms with E-state index < -0.39 is 0 Å². The average molecular weight is 298 g/mol. The molecule has 0 saturated carbocycles. The number of carbonyl (C=O) groups is 2. The summed E-state index contributed by atoms with van der Waals surface area (Å²) in [6, 6.07) is 13.9. The molecule has 0 aromatic heterocycles. The van der Waals surface area contributed by atoms with E-state index in [1.54, 1.807) is 48.5 Å². The zero-order valence-electron chi connectivity index (χ0n) is 12.4. The van der Waals surface area contributed by atoms with E-state index in [0.717, 1.165) is 19.0 Å². The lowest BCUT2D eigenvalue weighted by molar-refractivity contribution is 0.111. The van der Waals surface area contributed by atoms with Crippen LogP contribution in [0.2, 0.25) is 0 Å². The fourth-order valence-electron chi connectivity index (χ4n) is 1.88. The van der Waals surface area contributed by atoms with Crippen LogP contribution in [0.4, 0.5) is 0 Å². The predicted octanol–water partition coefficient (Wildman–Crippen LogP) is 3.55. The Bertz CT molecular complexity index is 602.